The minimum Gasteiger partial charge on any atom is -0.395 e. The van der Waals surface area contributed by atoms with Crippen LogP contribution in [-0.4, -0.2) is 29.2 Å². The average molecular weight is 244 g/mol. The Kier molecular flexibility index (Phi) is 3.79. The van der Waals surface area contributed by atoms with Crippen molar-refractivity contribution in [1.82, 2.24) is 4.90 Å². The highest BCUT2D eigenvalue weighted by Crippen LogP contribution is 2.22. The molecule has 16 heavy (non-hydrogen) atoms. The van der Waals surface area contributed by atoms with E-state index in [2.05, 4.69) is 4.90 Å². The molecule has 0 aromatic heterocycles. The van der Waals surface area contributed by atoms with Crippen LogP contribution in [0.4, 0.5) is 4.39 Å². The third-order valence-corrected chi connectivity index (χ3v) is 3.33. The van der Waals surface area contributed by atoms with Gasteiger partial charge in [-0.15, -0.1) is 0 Å². The van der Waals surface area contributed by atoms with Crippen molar-refractivity contribution in [2.75, 3.05) is 13.2 Å². The lowest BCUT2D eigenvalue weighted by molar-refractivity contribution is 0.152. The van der Waals surface area contributed by atoms with E-state index < -0.39 is 0 Å². The first-order valence-corrected chi connectivity index (χ1v) is 5.87. The minimum atomic E-state index is -0.268. The van der Waals surface area contributed by atoms with Gasteiger partial charge in [0.05, 0.1) is 6.61 Å². The number of aliphatic hydroxyl groups excluding tert-OH is 1. The highest BCUT2D eigenvalue weighted by atomic mass is 35.5. The molecule has 2 rings (SSSR count). The van der Waals surface area contributed by atoms with Gasteiger partial charge in [-0.3, -0.25) is 4.90 Å². The average Bonchev–Trinajstić information content (AvgIpc) is 2.69. The standard InChI is InChI=1S/C12H15ClFNO/c13-10-4-3-9(12(14)6-10)7-15-5-1-2-11(15)8-16/h3-4,6,11,16H,1-2,5,7-8H2/t11-/m1/s1. The summed E-state index contributed by atoms with van der Waals surface area (Å²) >= 11 is 5.70. The van der Waals surface area contributed by atoms with E-state index in [-0.39, 0.29) is 18.5 Å². The normalized spacial score (nSPS) is 21.6. The Labute approximate surface area is 99.6 Å². The summed E-state index contributed by atoms with van der Waals surface area (Å²) in [6.45, 7) is 1.62. The van der Waals surface area contributed by atoms with Gasteiger partial charge in [0.15, 0.2) is 0 Å². The molecule has 1 fully saturated rings. The van der Waals surface area contributed by atoms with Crippen LogP contribution < -0.4 is 0 Å². The molecule has 0 radical (unpaired) electrons. The molecule has 88 valence electrons. The molecule has 1 heterocycles. The van der Waals surface area contributed by atoms with Gasteiger partial charge >= 0.3 is 0 Å². The van der Waals surface area contributed by atoms with Crippen LogP contribution in [0.25, 0.3) is 0 Å². The molecule has 0 spiro atoms. The molecule has 0 unspecified atom stereocenters. The number of halogens is 2. The molecule has 0 amide bonds. The van der Waals surface area contributed by atoms with Gasteiger partial charge in [-0.1, -0.05) is 17.7 Å². The molecule has 1 aromatic carbocycles. The van der Waals surface area contributed by atoms with Gasteiger partial charge in [0.1, 0.15) is 5.82 Å². The first kappa shape index (κ1) is 11.8. The van der Waals surface area contributed by atoms with E-state index in [1.54, 1.807) is 12.1 Å². The van der Waals surface area contributed by atoms with Gasteiger partial charge in [0.2, 0.25) is 0 Å². The Morgan fingerprint density at radius 3 is 3.00 bits per heavy atom. The van der Waals surface area contributed by atoms with E-state index >= 15 is 0 Å². The summed E-state index contributed by atoms with van der Waals surface area (Å²) in [5.74, 6) is -0.268. The van der Waals surface area contributed by atoms with Crippen LogP contribution >= 0.6 is 11.6 Å². The fraction of sp³-hybridized carbons (Fsp3) is 0.500. The molecule has 0 aliphatic carbocycles. The van der Waals surface area contributed by atoms with Crippen molar-refractivity contribution >= 4 is 11.6 Å². The molecule has 0 saturated carbocycles. The Morgan fingerprint density at radius 2 is 2.31 bits per heavy atom. The van der Waals surface area contributed by atoms with Gasteiger partial charge < -0.3 is 5.11 Å². The molecule has 0 bridgehead atoms. The largest absolute Gasteiger partial charge is 0.395 e. The van der Waals surface area contributed by atoms with Crippen molar-refractivity contribution in [1.29, 1.82) is 0 Å². The molecular weight excluding hydrogens is 229 g/mol. The van der Waals surface area contributed by atoms with Crippen LogP contribution in [0.15, 0.2) is 18.2 Å². The Bertz CT molecular complexity index is 372. The van der Waals surface area contributed by atoms with Crippen molar-refractivity contribution in [3.05, 3.63) is 34.6 Å². The van der Waals surface area contributed by atoms with Crippen LogP contribution in [0.3, 0.4) is 0 Å². The van der Waals surface area contributed by atoms with E-state index in [0.29, 0.717) is 17.1 Å². The van der Waals surface area contributed by atoms with Crippen molar-refractivity contribution in [3.63, 3.8) is 0 Å². The van der Waals surface area contributed by atoms with Crippen LogP contribution in [0.1, 0.15) is 18.4 Å². The lowest BCUT2D eigenvalue weighted by Gasteiger charge is -2.22. The maximum absolute atomic E-state index is 13.6. The molecule has 1 N–H and O–H groups in total. The summed E-state index contributed by atoms with van der Waals surface area (Å²) in [5.41, 5.74) is 0.643. The number of likely N-dealkylation sites (tertiary alicyclic amines) is 1. The molecule has 1 saturated heterocycles. The number of rotatable bonds is 3. The van der Waals surface area contributed by atoms with Gasteiger partial charge in [-0.25, -0.2) is 4.39 Å². The smallest absolute Gasteiger partial charge is 0.129 e. The van der Waals surface area contributed by atoms with Crippen LogP contribution in [0.2, 0.25) is 5.02 Å². The third-order valence-electron chi connectivity index (χ3n) is 3.10. The summed E-state index contributed by atoms with van der Waals surface area (Å²) in [5, 5.41) is 9.59. The summed E-state index contributed by atoms with van der Waals surface area (Å²) in [7, 11) is 0. The number of nitrogens with zero attached hydrogens (tertiary/aromatic N) is 1. The SMILES string of the molecule is OC[C@H]1CCCN1Cc1ccc(Cl)cc1F. The lowest BCUT2D eigenvalue weighted by Crippen LogP contribution is -2.31. The van der Waals surface area contributed by atoms with Crippen molar-refractivity contribution in [2.24, 2.45) is 0 Å². The fourth-order valence-corrected chi connectivity index (χ4v) is 2.34. The fourth-order valence-electron chi connectivity index (χ4n) is 2.18. The summed E-state index contributed by atoms with van der Waals surface area (Å²) in [4.78, 5) is 2.12. The Hall–Kier alpha value is -0.640. The van der Waals surface area contributed by atoms with Gasteiger partial charge in [0.25, 0.3) is 0 Å². The molecule has 4 heteroatoms. The van der Waals surface area contributed by atoms with Gasteiger partial charge in [-0.2, -0.15) is 0 Å². The molecule has 1 aliphatic heterocycles. The van der Waals surface area contributed by atoms with Crippen LogP contribution in [0, 0.1) is 5.82 Å². The highest BCUT2D eigenvalue weighted by Gasteiger charge is 2.24. The Morgan fingerprint density at radius 1 is 1.50 bits per heavy atom. The number of hydrogen-bond acceptors (Lipinski definition) is 2. The van der Waals surface area contributed by atoms with E-state index in [4.69, 9.17) is 11.6 Å². The second-order valence-corrected chi connectivity index (χ2v) is 4.62. The molecule has 2 nitrogen and oxygen atoms in total. The highest BCUT2D eigenvalue weighted by molar-refractivity contribution is 6.30. The lowest BCUT2D eigenvalue weighted by atomic mass is 10.2. The minimum absolute atomic E-state index is 0.148. The quantitative estimate of drug-likeness (QED) is 0.882. The second kappa shape index (κ2) is 5.13. The van der Waals surface area contributed by atoms with Crippen molar-refractivity contribution < 1.29 is 9.50 Å². The molecule has 1 aromatic rings. The third kappa shape index (κ3) is 2.54. The van der Waals surface area contributed by atoms with Crippen LogP contribution in [-0.2, 0) is 6.54 Å². The van der Waals surface area contributed by atoms with Gasteiger partial charge in [0, 0.05) is 23.2 Å². The zero-order chi connectivity index (χ0) is 11.5. The summed E-state index contributed by atoms with van der Waals surface area (Å²) < 4.78 is 13.6. The summed E-state index contributed by atoms with van der Waals surface area (Å²) in [6.07, 6.45) is 2.06. The van der Waals surface area contributed by atoms with E-state index in [1.807, 2.05) is 0 Å². The van der Waals surface area contributed by atoms with Gasteiger partial charge in [-0.05, 0) is 31.5 Å². The monoisotopic (exact) mass is 243 g/mol. The van der Waals surface area contributed by atoms with E-state index in [9.17, 15) is 9.50 Å². The number of hydrogen-bond donors (Lipinski definition) is 1. The predicted molar refractivity (Wildman–Crippen MR) is 61.9 cm³/mol. The maximum atomic E-state index is 13.6. The second-order valence-electron chi connectivity index (χ2n) is 4.18. The zero-order valence-electron chi connectivity index (χ0n) is 9.00. The molecule has 1 aliphatic rings. The number of aliphatic hydroxyl groups is 1. The van der Waals surface area contributed by atoms with E-state index in [0.717, 1.165) is 19.4 Å². The predicted octanol–water partition coefficient (Wildman–Crippen LogP) is 2.44. The topological polar surface area (TPSA) is 23.5 Å². The first-order valence-electron chi connectivity index (χ1n) is 5.49. The molecular formula is C12H15ClFNO. The maximum Gasteiger partial charge on any atom is 0.129 e. The Balaban J connectivity index is 2.08. The molecule has 1 atom stereocenters. The zero-order valence-corrected chi connectivity index (χ0v) is 9.75. The van der Waals surface area contributed by atoms with Crippen LogP contribution in [0.5, 0.6) is 0 Å². The first-order chi connectivity index (χ1) is 7.70. The van der Waals surface area contributed by atoms with Crippen molar-refractivity contribution in [3.8, 4) is 0 Å². The summed E-state index contributed by atoms with van der Waals surface area (Å²) in [6, 6.07) is 4.92. The van der Waals surface area contributed by atoms with Crippen molar-refractivity contribution in [2.45, 2.75) is 25.4 Å². The van der Waals surface area contributed by atoms with E-state index in [1.165, 1.54) is 6.07 Å². The number of benzene rings is 1.